The summed E-state index contributed by atoms with van der Waals surface area (Å²) < 4.78 is 0.804. The molecule has 64 valence electrons. The number of aryl methyl sites for hydroxylation is 1. The molecule has 0 unspecified atom stereocenters. The second kappa shape index (κ2) is 3.46. The zero-order valence-corrected chi connectivity index (χ0v) is 8.74. The average Bonchev–Trinajstić information content (AvgIpc) is 1.96. The molecular weight excluding hydrogens is 241 g/mol. The number of carbonyl (C=O) groups excluding carboxylic acids is 1. The Kier molecular flexibility index (Phi) is 2.75. The monoisotopic (exact) mass is 247 g/mol. The van der Waals surface area contributed by atoms with Crippen molar-refractivity contribution in [1.29, 1.82) is 0 Å². The third-order valence-electron chi connectivity index (χ3n) is 1.48. The molecule has 0 aliphatic carbocycles. The summed E-state index contributed by atoms with van der Waals surface area (Å²) in [4.78, 5) is 10.8. The molecule has 0 heterocycles. The summed E-state index contributed by atoms with van der Waals surface area (Å²) >= 11 is 9.09. The van der Waals surface area contributed by atoms with Gasteiger partial charge in [0.25, 0.3) is 0 Å². The molecule has 1 rings (SSSR count). The van der Waals surface area contributed by atoms with Gasteiger partial charge >= 0.3 is 0 Å². The Bertz CT molecular complexity index is 338. The van der Waals surface area contributed by atoms with Gasteiger partial charge in [0, 0.05) is 4.47 Å². The van der Waals surface area contributed by atoms with Crippen LogP contribution in [0.1, 0.15) is 15.9 Å². The molecule has 0 bridgehead atoms. The van der Waals surface area contributed by atoms with Crippen LogP contribution in [0.25, 0.3) is 0 Å². The van der Waals surface area contributed by atoms with E-state index >= 15 is 0 Å². The summed E-state index contributed by atoms with van der Waals surface area (Å²) in [6.07, 6.45) is 0. The number of rotatable bonds is 1. The highest BCUT2D eigenvalue weighted by Gasteiger charge is 2.09. The maximum absolute atomic E-state index is 10.8. The molecule has 0 saturated heterocycles. The number of amides is 1. The number of carbonyl (C=O) groups is 1. The summed E-state index contributed by atoms with van der Waals surface area (Å²) in [7, 11) is 0. The lowest BCUT2D eigenvalue weighted by molar-refractivity contribution is 0.100. The molecule has 2 N–H and O–H groups in total. The molecule has 0 radical (unpaired) electrons. The van der Waals surface area contributed by atoms with E-state index in [-0.39, 0.29) is 0 Å². The standard InChI is InChI=1S/C8H7BrClNO/c1-4-2-5(9)3-6(7(4)10)8(11)12/h2-3H,1H3,(H2,11,12). The SMILES string of the molecule is Cc1cc(Br)cc(C(N)=O)c1Cl. The number of benzene rings is 1. The molecular formula is C8H7BrClNO. The maximum atomic E-state index is 10.8. The van der Waals surface area contributed by atoms with Gasteiger partial charge in [0.05, 0.1) is 10.6 Å². The number of hydrogen-bond acceptors (Lipinski definition) is 1. The molecule has 1 aromatic rings. The first kappa shape index (κ1) is 9.55. The fraction of sp³-hybridized carbons (Fsp3) is 0.125. The summed E-state index contributed by atoms with van der Waals surface area (Å²) in [5.74, 6) is -0.510. The predicted molar refractivity (Wildman–Crippen MR) is 52.4 cm³/mol. The Morgan fingerprint density at radius 2 is 2.17 bits per heavy atom. The molecule has 4 heteroatoms. The molecule has 12 heavy (non-hydrogen) atoms. The number of primary amides is 1. The first-order valence-corrected chi connectivity index (χ1v) is 4.45. The van der Waals surface area contributed by atoms with Crippen LogP contribution in [-0.2, 0) is 0 Å². The molecule has 1 aromatic carbocycles. The van der Waals surface area contributed by atoms with E-state index in [1.807, 2.05) is 13.0 Å². The van der Waals surface area contributed by atoms with E-state index in [2.05, 4.69) is 15.9 Å². The van der Waals surface area contributed by atoms with Crippen LogP contribution in [-0.4, -0.2) is 5.91 Å². The highest BCUT2D eigenvalue weighted by Crippen LogP contribution is 2.24. The molecule has 2 nitrogen and oxygen atoms in total. The smallest absolute Gasteiger partial charge is 0.250 e. The molecule has 0 aliphatic heterocycles. The molecule has 0 spiro atoms. The topological polar surface area (TPSA) is 43.1 Å². The minimum absolute atomic E-state index is 0.351. The van der Waals surface area contributed by atoms with Gasteiger partial charge in [0.1, 0.15) is 0 Å². The Hall–Kier alpha value is -0.540. The van der Waals surface area contributed by atoms with E-state index in [1.54, 1.807) is 6.07 Å². The van der Waals surface area contributed by atoms with Gasteiger partial charge in [0.15, 0.2) is 0 Å². The molecule has 0 aliphatic rings. The second-order valence-electron chi connectivity index (χ2n) is 2.45. The minimum atomic E-state index is -0.510. The van der Waals surface area contributed by atoms with Crippen molar-refractivity contribution in [2.75, 3.05) is 0 Å². The van der Waals surface area contributed by atoms with Crippen LogP contribution in [0.5, 0.6) is 0 Å². The van der Waals surface area contributed by atoms with Gasteiger partial charge in [-0.2, -0.15) is 0 Å². The van der Waals surface area contributed by atoms with Crippen LogP contribution in [0.2, 0.25) is 5.02 Å². The van der Waals surface area contributed by atoms with E-state index in [4.69, 9.17) is 17.3 Å². The molecule has 1 amide bonds. The van der Waals surface area contributed by atoms with Crippen molar-refractivity contribution >= 4 is 33.4 Å². The average molecular weight is 249 g/mol. The highest BCUT2D eigenvalue weighted by molar-refractivity contribution is 9.10. The molecule has 0 atom stereocenters. The van der Waals surface area contributed by atoms with Crippen molar-refractivity contribution in [3.05, 3.63) is 32.8 Å². The minimum Gasteiger partial charge on any atom is -0.366 e. The van der Waals surface area contributed by atoms with E-state index < -0.39 is 5.91 Å². The highest BCUT2D eigenvalue weighted by atomic mass is 79.9. The first-order chi connectivity index (χ1) is 5.52. The number of nitrogens with two attached hydrogens (primary N) is 1. The van der Waals surface area contributed by atoms with Crippen LogP contribution in [0, 0.1) is 6.92 Å². The Balaban J connectivity index is 3.37. The number of halogens is 2. The second-order valence-corrected chi connectivity index (χ2v) is 3.74. The Labute approximate surface area is 83.8 Å². The van der Waals surface area contributed by atoms with Crippen molar-refractivity contribution in [2.45, 2.75) is 6.92 Å². The van der Waals surface area contributed by atoms with Gasteiger partial charge in [-0.1, -0.05) is 27.5 Å². The predicted octanol–water partition coefficient (Wildman–Crippen LogP) is 2.51. The van der Waals surface area contributed by atoms with Crippen LogP contribution in [0.15, 0.2) is 16.6 Å². The van der Waals surface area contributed by atoms with Crippen molar-refractivity contribution in [3.63, 3.8) is 0 Å². The van der Waals surface area contributed by atoms with Gasteiger partial charge in [-0.15, -0.1) is 0 Å². The van der Waals surface area contributed by atoms with Crippen molar-refractivity contribution < 1.29 is 4.79 Å². The Morgan fingerprint density at radius 3 is 2.67 bits per heavy atom. The lowest BCUT2D eigenvalue weighted by atomic mass is 10.1. The lowest BCUT2D eigenvalue weighted by Gasteiger charge is -2.03. The summed E-state index contributed by atoms with van der Waals surface area (Å²) in [5.41, 5.74) is 6.29. The van der Waals surface area contributed by atoms with Gasteiger partial charge < -0.3 is 5.73 Å². The van der Waals surface area contributed by atoms with Gasteiger partial charge in [-0.25, -0.2) is 0 Å². The van der Waals surface area contributed by atoms with Crippen molar-refractivity contribution in [3.8, 4) is 0 Å². The quantitative estimate of drug-likeness (QED) is 0.815. The summed E-state index contributed by atoms with van der Waals surface area (Å²) in [5, 5.41) is 0.422. The van der Waals surface area contributed by atoms with Crippen molar-refractivity contribution in [1.82, 2.24) is 0 Å². The van der Waals surface area contributed by atoms with Crippen molar-refractivity contribution in [2.24, 2.45) is 5.73 Å². The zero-order chi connectivity index (χ0) is 9.30. The van der Waals surface area contributed by atoms with E-state index in [9.17, 15) is 4.79 Å². The first-order valence-electron chi connectivity index (χ1n) is 3.28. The summed E-state index contributed by atoms with van der Waals surface area (Å²) in [6.45, 7) is 1.82. The fourth-order valence-corrected chi connectivity index (χ4v) is 1.68. The van der Waals surface area contributed by atoms with Crippen LogP contribution >= 0.6 is 27.5 Å². The van der Waals surface area contributed by atoms with Gasteiger partial charge in [0.2, 0.25) is 5.91 Å². The van der Waals surface area contributed by atoms with Crippen LogP contribution in [0.4, 0.5) is 0 Å². The summed E-state index contributed by atoms with van der Waals surface area (Å²) in [6, 6.07) is 3.44. The lowest BCUT2D eigenvalue weighted by Crippen LogP contribution is -2.12. The third kappa shape index (κ3) is 1.79. The number of hydrogen-bond donors (Lipinski definition) is 1. The normalized spacial score (nSPS) is 9.92. The van der Waals surface area contributed by atoms with Crippen LogP contribution < -0.4 is 5.73 Å². The van der Waals surface area contributed by atoms with E-state index in [1.165, 1.54) is 0 Å². The van der Waals surface area contributed by atoms with Gasteiger partial charge in [-0.05, 0) is 24.6 Å². The molecule has 0 fully saturated rings. The zero-order valence-electron chi connectivity index (χ0n) is 6.40. The van der Waals surface area contributed by atoms with E-state index in [0.717, 1.165) is 10.0 Å². The molecule has 0 aromatic heterocycles. The molecule has 0 saturated carbocycles. The Morgan fingerprint density at radius 1 is 1.58 bits per heavy atom. The largest absolute Gasteiger partial charge is 0.366 e. The maximum Gasteiger partial charge on any atom is 0.250 e. The third-order valence-corrected chi connectivity index (χ3v) is 2.44. The van der Waals surface area contributed by atoms with Crippen LogP contribution in [0.3, 0.4) is 0 Å². The van der Waals surface area contributed by atoms with Gasteiger partial charge in [-0.3, -0.25) is 4.79 Å². The fourth-order valence-electron chi connectivity index (χ4n) is 0.905. The van der Waals surface area contributed by atoms with E-state index in [0.29, 0.717) is 10.6 Å².